The van der Waals surface area contributed by atoms with Crippen LogP contribution < -0.4 is 27.4 Å². The van der Waals surface area contributed by atoms with Crippen LogP contribution in [0.2, 0.25) is 0 Å². The maximum absolute atomic E-state index is 12.8. The smallest absolute Gasteiger partial charge is 0.326 e. The molecule has 12 nitrogen and oxygen atoms in total. The van der Waals surface area contributed by atoms with E-state index >= 15 is 0 Å². The van der Waals surface area contributed by atoms with Gasteiger partial charge in [-0.05, 0) is 44.1 Å². The SMILES string of the molecule is CSCCC(N)C(=O)NC(C(=O)NC(CCC(N)=O)C(=O)NC(CC(C)C)C(=O)O)C(C)O. The molecule has 5 unspecified atom stereocenters. The van der Waals surface area contributed by atoms with Crippen LogP contribution in [-0.4, -0.2) is 82.1 Å². The summed E-state index contributed by atoms with van der Waals surface area (Å²) in [7, 11) is 0. The van der Waals surface area contributed by atoms with Crippen molar-refractivity contribution in [1.29, 1.82) is 0 Å². The number of nitrogens with two attached hydrogens (primary N) is 2. The van der Waals surface area contributed by atoms with E-state index in [1.54, 1.807) is 13.8 Å². The number of carboxylic acids is 1. The third-order valence-electron chi connectivity index (χ3n) is 4.67. The first-order valence-corrected chi connectivity index (χ1v) is 12.0. The third-order valence-corrected chi connectivity index (χ3v) is 5.31. The number of nitrogens with one attached hydrogen (secondary N) is 3. The molecule has 0 rings (SSSR count). The standard InChI is InChI=1S/C20H37N5O7S/c1-10(2)9-14(20(31)32)24-18(29)13(5-6-15(22)27)23-19(30)16(11(3)26)25-17(28)12(21)7-8-33-4/h10-14,16,26H,5-9,21H2,1-4H3,(H2,22,27)(H,23,30)(H,24,29)(H,25,28)(H,31,32). The van der Waals surface area contributed by atoms with Crippen LogP contribution in [0.25, 0.3) is 0 Å². The van der Waals surface area contributed by atoms with Crippen molar-refractivity contribution in [2.24, 2.45) is 17.4 Å². The molecule has 0 aromatic rings. The summed E-state index contributed by atoms with van der Waals surface area (Å²) in [5, 5.41) is 26.4. The van der Waals surface area contributed by atoms with Crippen LogP contribution in [0, 0.1) is 5.92 Å². The van der Waals surface area contributed by atoms with Gasteiger partial charge in [0.1, 0.15) is 18.1 Å². The first-order chi connectivity index (χ1) is 15.3. The molecule has 9 N–H and O–H groups in total. The summed E-state index contributed by atoms with van der Waals surface area (Å²) in [6, 6.07) is -4.84. The molecule has 0 heterocycles. The fraction of sp³-hybridized carbons (Fsp3) is 0.750. The number of thioether (sulfide) groups is 1. The van der Waals surface area contributed by atoms with Gasteiger partial charge in [0.15, 0.2) is 0 Å². The summed E-state index contributed by atoms with van der Waals surface area (Å²) in [6.45, 7) is 4.85. The van der Waals surface area contributed by atoms with Crippen molar-refractivity contribution in [2.75, 3.05) is 12.0 Å². The summed E-state index contributed by atoms with van der Waals surface area (Å²) < 4.78 is 0. The molecule has 0 spiro atoms. The predicted octanol–water partition coefficient (Wildman–Crippen LogP) is -1.70. The zero-order valence-corrected chi connectivity index (χ0v) is 20.3. The van der Waals surface area contributed by atoms with Crippen molar-refractivity contribution in [2.45, 2.75) is 76.7 Å². The molecule has 0 saturated carbocycles. The van der Waals surface area contributed by atoms with Gasteiger partial charge < -0.3 is 37.6 Å². The lowest BCUT2D eigenvalue weighted by Crippen LogP contribution is -2.59. The van der Waals surface area contributed by atoms with Crippen molar-refractivity contribution >= 4 is 41.4 Å². The van der Waals surface area contributed by atoms with E-state index in [0.29, 0.717) is 12.2 Å². The molecule has 0 aliphatic carbocycles. The Morgan fingerprint density at radius 1 is 0.909 bits per heavy atom. The molecule has 5 atom stereocenters. The number of carbonyl (C=O) groups excluding carboxylic acids is 4. The fourth-order valence-corrected chi connectivity index (χ4v) is 3.31. The van der Waals surface area contributed by atoms with Crippen molar-refractivity contribution in [3.8, 4) is 0 Å². The largest absolute Gasteiger partial charge is 0.480 e. The molecule has 4 amide bonds. The molecular weight excluding hydrogens is 454 g/mol. The highest BCUT2D eigenvalue weighted by Crippen LogP contribution is 2.08. The highest BCUT2D eigenvalue weighted by atomic mass is 32.2. The summed E-state index contributed by atoms with van der Waals surface area (Å²) in [5.74, 6) is -3.75. The highest BCUT2D eigenvalue weighted by Gasteiger charge is 2.32. The van der Waals surface area contributed by atoms with Crippen LogP contribution in [0.15, 0.2) is 0 Å². The molecule has 0 aliphatic rings. The number of aliphatic hydroxyl groups excluding tert-OH is 1. The number of hydrogen-bond donors (Lipinski definition) is 7. The second-order valence-electron chi connectivity index (χ2n) is 8.21. The Morgan fingerprint density at radius 3 is 1.94 bits per heavy atom. The van der Waals surface area contributed by atoms with E-state index in [-0.39, 0.29) is 25.2 Å². The van der Waals surface area contributed by atoms with Crippen LogP contribution in [0.3, 0.4) is 0 Å². The molecule has 190 valence electrons. The molecular formula is C20H37N5O7S. The maximum atomic E-state index is 12.8. The molecule has 33 heavy (non-hydrogen) atoms. The second kappa shape index (κ2) is 15.5. The topological polar surface area (TPSA) is 214 Å². The number of carboxylic acid groups (broad SMARTS) is 1. The molecule has 0 saturated heterocycles. The number of aliphatic hydroxyl groups is 1. The zero-order chi connectivity index (χ0) is 25.7. The lowest BCUT2D eigenvalue weighted by molar-refractivity contribution is -0.143. The van der Waals surface area contributed by atoms with Crippen LogP contribution in [0.4, 0.5) is 0 Å². The number of carbonyl (C=O) groups is 5. The second-order valence-corrected chi connectivity index (χ2v) is 9.20. The molecule has 0 fully saturated rings. The van der Waals surface area contributed by atoms with Gasteiger partial charge in [-0.15, -0.1) is 0 Å². The van der Waals surface area contributed by atoms with E-state index in [1.165, 1.54) is 18.7 Å². The Bertz CT molecular complexity index is 690. The van der Waals surface area contributed by atoms with Gasteiger partial charge in [0.25, 0.3) is 0 Å². The zero-order valence-electron chi connectivity index (χ0n) is 19.5. The summed E-state index contributed by atoms with van der Waals surface area (Å²) in [6.07, 6.45) is 0.577. The maximum Gasteiger partial charge on any atom is 0.326 e. The van der Waals surface area contributed by atoms with Gasteiger partial charge in [0, 0.05) is 6.42 Å². The van der Waals surface area contributed by atoms with Crippen LogP contribution in [0.1, 0.15) is 46.5 Å². The van der Waals surface area contributed by atoms with Crippen LogP contribution in [-0.2, 0) is 24.0 Å². The van der Waals surface area contributed by atoms with Gasteiger partial charge >= 0.3 is 5.97 Å². The Labute approximate surface area is 198 Å². The molecule has 0 bridgehead atoms. The fourth-order valence-electron chi connectivity index (χ4n) is 2.82. The Kier molecular flexibility index (Phi) is 14.3. The van der Waals surface area contributed by atoms with Gasteiger partial charge in [0.2, 0.25) is 23.6 Å². The van der Waals surface area contributed by atoms with E-state index in [1.807, 2.05) is 6.26 Å². The third kappa shape index (κ3) is 12.4. The minimum absolute atomic E-state index is 0.0322. The molecule has 0 aromatic carbocycles. The minimum Gasteiger partial charge on any atom is -0.480 e. The predicted molar refractivity (Wildman–Crippen MR) is 124 cm³/mol. The number of rotatable bonds is 16. The van der Waals surface area contributed by atoms with Crippen LogP contribution >= 0.6 is 11.8 Å². The average Bonchev–Trinajstić information content (AvgIpc) is 2.71. The van der Waals surface area contributed by atoms with Gasteiger partial charge in [-0.2, -0.15) is 11.8 Å². The Balaban J connectivity index is 5.45. The first kappa shape index (κ1) is 30.6. The lowest BCUT2D eigenvalue weighted by Gasteiger charge is -2.26. The highest BCUT2D eigenvalue weighted by molar-refractivity contribution is 7.98. The number of amides is 4. The first-order valence-electron chi connectivity index (χ1n) is 10.6. The van der Waals surface area contributed by atoms with E-state index in [0.717, 1.165) is 0 Å². The van der Waals surface area contributed by atoms with E-state index in [9.17, 15) is 34.2 Å². The lowest BCUT2D eigenvalue weighted by atomic mass is 10.0. The minimum atomic E-state index is -1.42. The van der Waals surface area contributed by atoms with Crippen LogP contribution in [0.5, 0.6) is 0 Å². The average molecular weight is 492 g/mol. The van der Waals surface area contributed by atoms with E-state index in [2.05, 4.69) is 16.0 Å². The van der Waals surface area contributed by atoms with Gasteiger partial charge in [-0.25, -0.2) is 4.79 Å². The molecule has 0 radical (unpaired) electrons. The number of primary amides is 1. The van der Waals surface area contributed by atoms with Gasteiger partial charge in [-0.3, -0.25) is 19.2 Å². The van der Waals surface area contributed by atoms with E-state index < -0.39 is 59.9 Å². The monoisotopic (exact) mass is 491 g/mol. The summed E-state index contributed by atoms with van der Waals surface area (Å²) in [5.41, 5.74) is 10.9. The van der Waals surface area contributed by atoms with Gasteiger partial charge in [0.05, 0.1) is 12.1 Å². The van der Waals surface area contributed by atoms with Crippen molar-refractivity contribution < 1.29 is 34.2 Å². The summed E-state index contributed by atoms with van der Waals surface area (Å²) >= 11 is 1.50. The van der Waals surface area contributed by atoms with Crippen molar-refractivity contribution in [3.63, 3.8) is 0 Å². The Morgan fingerprint density at radius 2 is 1.48 bits per heavy atom. The number of hydrogen-bond acceptors (Lipinski definition) is 8. The molecule has 13 heteroatoms. The Hall–Kier alpha value is -2.38. The quantitative estimate of drug-likeness (QED) is 0.131. The van der Waals surface area contributed by atoms with Gasteiger partial charge in [-0.1, -0.05) is 13.8 Å². The number of aliphatic carboxylic acids is 1. The van der Waals surface area contributed by atoms with E-state index in [4.69, 9.17) is 11.5 Å². The van der Waals surface area contributed by atoms with Crippen molar-refractivity contribution in [3.05, 3.63) is 0 Å². The normalized spacial score (nSPS) is 15.6. The molecule has 0 aromatic heterocycles. The van der Waals surface area contributed by atoms with Crippen molar-refractivity contribution in [1.82, 2.24) is 16.0 Å². The molecule has 0 aliphatic heterocycles. The summed E-state index contributed by atoms with van der Waals surface area (Å²) in [4.78, 5) is 60.4.